The molecule has 76 valence electrons. The number of hydrogen-bond donors (Lipinski definition) is 0. The maximum atomic E-state index is 2.45. The van der Waals surface area contributed by atoms with Crippen molar-refractivity contribution in [3.05, 3.63) is 52.5 Å². The van der Waals surface area contributed by atoms with Gasteiger partial charge in [-0.05, 0) is 0 Å². The Balaban J connectivity index is 2.54. The summed E-state index contributed by atoms with van der Waals surface area (Å²) in [5, 5.41) is 0. The summed E-state index contributed by atoms with van der Waals surface area (Å²) in [4.78, 5) is 2.45. The number of rotatable bonds is 1. The molecule has 1 heteroatoms. The number of hydrogen-bond acceptors (Lipinski definition) is 0. The van der Waals surface area contributed by atoms with Crippen LogP contribution in [0.3, 0.4) is 0 Å². The van der Waals surface area contributed by atoms with Gasteiger partial charge in [0.15, 0.2) is 0 Å². The van der Waals surface area contributed by atoms with Crippen LogP contribution in [0.1, 0.15) is 19.4 Å². The van der Waals surface area contributed by atoms with Gasteiger partial charge in [-0.2, -0.15) is 0 Å². The van der Waals surface area contributed by atoms with Gasteiger partial charge in [0.1, 0.15) is 0 Å². The SMILES string of the molecule is CC1=C(c2ccccc2)C=[CH][Ge]([CH3])=[C]1C. The van der Waals surface area contributed by atoms with E-state index >= 15 is 0 Å². The summed E-state index contributed by atoms with van der Waals surface area (Å²) in [6.07, 6.45) is 2.33. The predicted octanol–water partition coefficient (Wildman–Crippen LogP) is 3.47. The summed E-state index contributed by atoms with van der Waals surface area (Å²) < 4.78 is 1.65. The molecule has 0 spiro atoms. The second-order valence-electron chi connectivity index (χ2n) is 4.05. The van der Waals surface area contributed by atoms with Crippen LogP contribution in [-0.2, 0) is 0 Å². The van der Waals surface area contributed by atoms with Crippen LogP contribution in [0.2, 0.25) is 5.76 Å². The van der Waals surface area contributed by atoms with Gasteiger partial charge in [0.2, 0.25) is 0 Å². The van der Waals surface area contributed by atoms with Crippen LogP contribution >= 0.6 is 0 Å². The fraction of sp³-hybridized carbons (Fsp3) is 0.214. The van der Waals surface area contributed by atoms with E-state index in [9.17, 15) is 0 Å². The van der Waals surface area contributed by atoms with Crippen LogP contribution in [0.25, 0.3) is 5.57 Å². The van der Waals surface area contributed by atoms with Gasteiger partial charge in [-0.15, -0.1) is 0 Å². The van der Waals surface area contributed by atoms with Gasteiger partial charge in [0, 0.05) is 0 Å². The zero-order chi connectivity index (χ0) is 10.8. The van der Waals surface area contributed by atoms with Crippen molar-refractivity contribution in [1.29, 1.82) is 0 Å². The van der Waals surface area contributed by atoms with E-state index in [-0.39, 0.29) is 0 Å². The van der Waals surface area contributed by atoms with Crippen LogP contribution < -0.4 is 0 Å². The van der Waals surface area contributed by atoms with Crippen molar-refractivity contribution in [2.75, 3.05) is 0 Å². The molecular weight excluding hydrogens is 241 g/mol. The van der Waals surface area contributed by atoms with Crippen LogP contribution in [0.4, 0.5) is 0 Å². The molecule has 0 N–H and O–H groups in total. The van der Waals surface area contributed by atoms with Gasteiger partial charge in [-0.3, -0.25) is 0 Å². The monoisotopic (exact) mass is 258 g/mol. The first kappa shape index (κ1) is 10.6. The molecule has 1 heterocycles. The van der Waals surface area contributed by atoms with Gasteiger partial charge >= 0.3 is 95.9 Å². The van der Waals surface area contributed by atoms with Crippen molar-refractivity contribution in [2.24, 2.45) is 0 Å². The summed E-state index contributed by atoms with van der Waals surface area (Å²) in [5.74, 6) is 2.41. The molecule has 0 fully saturated rings. The minimum absolute atomic E-state index is 0.993. The van der Waals surface area contributed by atoms with Crippen molar-refractivity contribution in [3.8, 4) is 0 Å². The van der Waals surface area contributed by atoms with Crippen molar-refractivity contribution >= 4 is 23.8 Å². The van der Waals surface area contributed by atoms with Crippen molar-refractivity contribution < 1.29 is 0 Å². The Morgan fingerprint density at radius 2 is 1.67 bits per heavy atom. The first-order chi connectivity index (χ1) is 7.20. The maximum absolute atomic E-state index is 2.45. The van der Waals surface area contributed by atoms with E-state index in [1.54, 1.807) is 4.35 Å². The molecular formula is C14H16Ge. The molecule has 0 saturated carbocycles. The second kappa shape index (κ2) is 4.32. The zero-order valence-corrected chi connectivity index (χ0v) is 11.6. The minimum atomic E-state index is -0.993. The number of allylic oxidation sites excluding steroid dienone is 3. The summed E-state index contributed by atoms with van der Waals surface area (Å²) in [5.41, 5.74) is 4.25. The van der Waals surface area contributed by atoms with Gasteiger partial charge in [0.05, 0.1) is 0 Å². The van der Waals surface area contributed by atoms with E-state index in [0.29, 0.717) is 0 Å². The normalized spacial score (nSPS) is 16.2. The number of benzene rings is 1. The van der Waals surface area contributed by atoms with E-state index in [4.69, 9.17) is 0 Å². The van der Waals surface area contributed by atoms with E-state index < -0.39 is 13.9 Å². The first-order valence-corrected chi connectivity index (χ1v) is 9.68. The summed E-state index contributed by atoms with van der Waals surface area (Å²) in [7, 11) is 0. The summed E-state index contributed by atoms with van der Waals surface area (Å²) in [6, 6.07) is 10.7. The molecule has 1 aliphatic heterocycles. The van der Waals surface area contributed by atoms with Crippen molar-refractivity contribution in [1.82, 2.24) is 0 Å². The molecule has 0 aromatic heterocycles. The fourth-order valence-corrected chi connectivity index (χ4v) is 4.81. The molecule has 0 unspecified atom stereocenters. The molecule has 15 heavy (non-hydrogen) atoms. The Bertz CT molecular complexity index is 461. The average molecular weight is 257 g/mol. The third kappa shape index (κ3) is 2.05. The van der Waals surface area contributed by atoms with E-state index in [1.165, 1.54) is 16.7 Å². The van der Waals surface area contributed by atoms with Gasteiger partial charge in [0.25, 0.3) is 0 Å². The third-order valence-electron chi connectivity index (χ3n) is 3.14. The molecule has 0 nitrogen and oxygen atoms in total. The Morgan fingerprint density at radius 3 is 2.33 bits per heavy atom. The molecule has 2 rings (SSSR count). The van der Waals surface area contributed by atoms with Crippen molar-refractivity contribution in [2.45, 2.75) is 19.6 Å². The predicted molar refractivity (Wildman–Crippen MR) is 70.5 cm³/mol. The molecule has 1 aromatic carbocycles. The molecule has 0 radical (unpaired) electrons. The molecule has 0 atom stereocenters. The summed E-state index contributed by atoms with van der Waals surface area (Å²) >= 11 is -0.993. The van der Waals surface area contributed by atoms with Gasteiger partial charge < -0.3 is 0 Å². The second-order valence-corrected chi connectivity index (χ2v) is 9.18. The molecule has 1 aromatic rings. The Morgan fingerprint density at radius 1 is 1.00 bits per heavy atom. The van der Waals surface area contributed by atoms with Gasteiger partial charge in [-0.1, -0.05) is 0 Å². The van der Waals surface area contributed by atoms with Crippen LogP contribution in [0, 0.1) is 0 Å². The van der Waals surface area contributed by atoms with Gasteiger partial charge in [-0.25, -0.2) is 0 Å². The van der Waals surface area contributed by atoms with Crippen LogP contribution in [-0.4, -0.2) is 18.3 Å². The molecule has 0 bridgehead atoms. The molecule has 0 aliphatic carbocycles. The average Bonchev–Trinajstić information content (AvgIpc) is 2.27. The van der Waals surface area contributed by atoms with Crippen LogP contribution in [0.15, 0.2) is 46.9 Å². The van der Waals surface area contributed by atoms with E-state index in [0.717, 1.165) is 0 Å². The van der Waals surface area contributed by atoms with Crippen LogP contribution in [0.5, 0.6) is 0 Å². The molecule has 1 aliphatic rings. The zero-order valence-electron chi connectivity index (χ0n) is 9.54. The summed E-state index contributed by atoms with van der Waals surface area (Å²) in [6.45, 7) is 4.56. The standard InChI is InChI=1S/C14H16Ge/c1-11-12(2)15(3)10-9-14(11)13-7-5-4-6-8-13/h4-10H,1-3H3. The van der Waals surface area contributed by atoms with Crippen molar-refractivity contribution in [3.63, 3.8) is 0 Å². The topological polar surface area (TPSA) is 0 Å². The quantitative estimate of drug-likeness (QED) is 0.675. The molecule has 0 amide bonds. The Labute approximate surface area is 96.0 Å². The first-order valence-electron chi connectivity index (χ1n) is 5.32. The Kier molecular flexibility index (Phi) is 3.06. The fourth-order valence-electron chi connectivity index (χ4n) is 1.89. The van der Waals surface area contributed by atoms with E-state index in [1.807, 2.05) is 0 Å². The third-order valence-corrected chi connectivity index (χ3v) is 7.81. The van der Waals surface area contributed by atoms with E-state index in [2.05, 4.69) is 60.9 Å². The Hall–Kier alpha value is -0.887. The molecule has 0 saturated heterocycles.